The molecule has 1 rings (SSSR count). The van der Waals surface area contributed by atoms with Gasteiger partial charge in [0.1, 0.15) is 0 Å². The Hall–Kier alpha value is -0.470. The number of amides is 2. The number of imide groups is 1. The van der Waals surface area contributed by atoms with Crippen LogP contribution in [0.1, 0.15) is 17.3 Å². The van der Waals surface area contributed by atoms with Crippen molar-refractivity contribution in [2.75, 3.05) is 0 Å². The number of ether oxygens (including phenoxy) is 1. The molecule has 0 aliphatic carbocycles. The monoisotopic (exact) mass is 755 g/mol. The summed E-state index contributed by atoms with van der Waals surface area (Å²) in [5, 5.41) is -2.74. The lowest BCUT2D eigenvalue weighted by molar-refractivity contribution is -0.153. The molecule has 0 spiro atoms. The van der Waals surface area contributed by atoms with E-state index in [1.54, 1.807) is 6.07 Å². The third-order valence-corrected chi connectivity index (χ3v) is 7.64. The zero-order valence-electron chi connectivity index (χ0n) is 13.6. The summed E-state index contributed by atoms with van der Waals surface area (Å²) >= 11 is 5.94. The first-order valence-electron chi connectivity index (χ1n) is 6.90. The molecule has 1 unspecified atom stereocenters. The fourth-order valence-corrected chi connectivity index (χ4v) is 4.45. The summed E-state index contributed by atoms with van der Waals surface area (Å²) in [5.41, 5.74) is 0.225. The van der Waals surface area contributed by atoms with Crippen LogP contribution in [-0.2, 0) is 24.4 Å². The highest BCUT2D eigenvalue weighted by Gasteiger charge is 2.51. The Kier molecular flexibility index (Phi) is 9.15. The van der Waals surface area contributed by atoms with E-state index in [4.69, 9.17) is 4.55 Å². The lowest BCUT2D eigenvalue weighted by atomic mass is 10.2. The summed E-state index contributed by atoms with van der Waals surface area (Å²) in [6.45, 7) is 0.545. The van der Waals surface area contributed by atoms with Crippen molar-refractivity contribution < 1.29 is 40.9 Å². The minimum atomic E-state index is -5.80. The van der Waals surface area contributed by atoms with Crippen LogP contribution in [0.3, 0.4) is 0 Å². The van der Waals surface area contributed by atoms with Crippen LogP contribution in [-0.4, -0.2) is 42.1 Å². The highest BCUT2D eigenvalue weighted by Crippen LogP contribution is 2.27. The van der Waals surface area contributed by atoms with E-state index in [1.807, 2.05) is 79.2 Å². The predicted molar refractivity (Wildman–Crippen MR) is 118 cm³/mol. The van der Waals surface area contributed by atoms with Gasteiger partial charge >= 0.3 is 21.3 Å². The van der Waals surface area contributed by atoms with Gasteiger partial charge in [0.05, 0.1) is 5.56 Å². The Labute approximate surface area is 199 Å². The van der Waals surface area contributed by atoms with Crippen LogP contribution in [0.15, 0.2) is 24.3 Å². The molecule has 0 radical (unpaired) electrons. The van der Waals surface area contributed by atoms with Crippen molar-refractivity contribution in [3.63, 3.8) is 0 Å². The molecule has 0 saturated carbocycles. The molecule has 2 amide bonds. The van der Waals surface area contributed by atoms with Gasteiger partial charge in [0.15, 0.2) is 6.10 Å². The van der Waals surface area contributed by atoms with Crippen LogP contribution in [0.4, 0.5) is 8.78 Å². The van der Waals surface area contributed by atoms with E-state index >= 15 is 0 Å². The van der Waals surface area contributed by atoms with Gasteiger partial charge in [-0.05, 0) is 86.8 Å². The van der Waals surface area contributed by atoms with Crippen molar-refractivity contribution in [3.8, 4) is 0 Å². The van der Waals surface area contributed by atoms with E-state index in [1.165, 1.54) is 0 Å². The quantitative estimate of drug-likeness (QED) is 0.151. The molecular weight excluding hydrogens is 745 g/mol. The first-order chi connectivity index (χ1) is 12.7. The number of halogens is 5. The molecule has 0 fully saturated rings. The number of alkyl halides is 2. The second kappa shape index (κ2) is 10.0. The highest BCUT2D eigenvalue weighted by atomic mass is 127. The molecule has 28 heavy (non-hydrogen) atoms. The van der Waals surface area contributed by atoms with Gasteiger partial charge in [0.2, 0.25) is 0 Å². The van der Waals surface area contributed by atoms with Crippen molar-refractivity contribution in [3.05, 3.63) is 40.6 Å². The molecule has 0 aliphatic rings. The van der Waals surface area contributed by atoms with E-state index in [-0.39, 0.29) is 5.56 Å². The van der Waals surface area contributed by atoms with Crippen LogP contribution >= 0.6 is 67.8 Å². The number of carbonyl (C=O) groups excluding carboxylic acids is 3. The molecule has 154 valence electrons. The summed E-state index contributed by atoms with van der Waals surface area (Å²) in [4.78, 5) is 35.3. The molecule has 0 aliphatic heterocycles. The second-order valence-corrected chi connectivity index (χ2v) is 10.00. The Morgan fingerprint density at radius 3 is 2.32 bits per heavy atom. The topological polar surface area (TPSA) is 127 Å². The number of rotatable bonds is 6. The third kappa shape index (κ3) is 6.80. The smallest absolute Gasteiger partial charge is 0.405 e. The maximum Gasteiger partial charge on any atom is 0.405 e. The van der Waals surface area contributed by atoms with Crippen LogP contribution in [0.5, 0.6) is 0 Å². The standard InChI is InChI=1S/C14H10F2I3NO7S/c1-6(14(15,16)28(24,25)26)27-11(22)3-2-10(21)20-13(23)8-4-7(17)5-9(18)12(8)19/h2-6H,1H3,(H,20,21,23)(H,24,25,26)/b3-2+. The average Bonchev–Trinajstić information content (AvgIpc) is 2.54. The third-order valence-electron chi connectivity index (χ3n) is 2.96. The maximum absolute atomic E-state index is 13.3. The first kappa shape index (κ1) is 25.6. The molecule has 1 atom stereocenters. The minimum absolute atomic E-state index is 0.225. The first-order valence-corrected chi connectivity index (χ1v) is 11.6. The molecule has 14 heteroatoms. The number of benzene rings is 1. The second-order valence-electron chi connectivity index (χ2n) is 5.02. The molecule has 1 aromatic carbocycles. The van der Waals surface area contributed by atoms with E-state index in [0.29, 0.717) is 22.6 Å². The van der Waals surface area contributed by atoms with E-state index in [9.17, 15) is 31.6 Å². The van der Waals surface area contributed by atoms with Gasteiger partial charge in [-0.15, -0.1) is 0 Å². The average molecular weight is 755 g/mol. The fourth-order valence-electron chi connectivity index (χ4n) is 1.58. The lowest BCUT2D eigenvalue weighted by Gasteiger charge is -2.19. The Bertz CT molecular complexity index is 950. The largest absolute Gasteiger partial charge is 0.452 e. The maximum atomic E-state index is 13.3. The van der Waals surface area contributed by atoms with Crippen molar-refractivity contribution in [1.82, 2.24) is 5.32 Å². The van der Waals surface area contributed by atoms with Crippen molar-refractivity contribution in [2.24, 2.45) is 0 Å². The van der Waals surface area contributed by atoms with Gasteiger partial charge in [0, 0.05) is 22.9 Å². The Balaban J connectivity index is 2.77. The van der Waals surface area contributed by atoms with Crippen LogP contribution in [0.25, 0.3) is 0 Å². The van der Waals surface area contributed by atoms with Gasteiger partial charge in [-0.1, -0.05) is 0 Å². The summed E-state index contributed by atoms with van der Waals surface area (Å²) < 4.78 is 62.4. The fraction of sp³-hybridized carbons (Fsp3) is 0.214. The number of nitrogens with one attached hydrogen (secondary N) is 1. The molecule has 0 aromatic heterocycles. The minimum Gasteiger partial charge on any atom is -0.452 e. The summed E-state index contributed by atoms with van der Waals surface area (Å²) in [6, 6.07) is 3.37. The Morgan fingerprint density at radius 1 is 1.21 bits per heavy atom. The van der Waals surface area contributed by atoms with Crippen molar-refractivity contribution in [1.29, 1.82) is 0 Å². The molecule has 0 bridgehead atoms. The van der Waals surface area contributed by atoms with Crippen molar-refractivity contribution in [2.45, 2.75) is 18.3 Å². The number of carbonyl (C=O) groups is 3. The van der Waals surface area contributed by atoms with Crippen molar-refractivity contribution >= 4 is 95.7 Å². The zero-order chi connectivity index (χ0) is 21.9. The molecule has 8 nitrogen and oxygen atoms in total. The molecule has 2 N–H and O–H groups in total. The Morgan fingerprint density at radius 2 is 1.79 bits per heavy atom. The van der Waals surface area contributed by atoms with E-state index < -0.39 is 39.3 Å². The molecular formula is C14H10F2I3NO7S. The lowest BCUT2D eigenvalue weighted by Crippen LogP contribution is -2.41. The van der Waals surface area contributed by atoms with Gasteiger partial charge in [-0.25, -0.2) is 4.79 Å². The van der Waals surface area contributed by atoms with Crippen LogP contribution in [0, 0.1) is 10.7 Å². The number of hydrogen-bond acceptors (Lipinski definition) is 6. The summed E-state index contributed by atoms with van der Waals surface area (Å²) in [5.74, 6) is -3.24. The number of esters is 1. The normalized spacial score (nSPS) is 13.2. The summed E-state index contributed by atoms with van der Waals surface area (Å²) in [7, 11) is -5.80. The van der Waals surface area contributed by atoms with Gasteiger partial charge in [0.25, 0.3) is 11.8 Å². The molecule has 0 heterocycles. The SMILES string of the molecule is CC(OC(=O)/C=C/C(=O)NC(=O)c1cc(I)cc(I)c1I)C(F)(F)S(=O)(=O)O. The summed E-state index contributed by atoms with van der Waals surface area (Å²) in [6.07, 6.45) is -1.52. The molecule has 0 saturated heterocycles. The van der Waals surface area contributed by atoms with Gasteiger partial charge in [-0.2, -0.15) is 17.2 Å². The number of hydrogen-bond donors (Lipinski definition) is 2. The van der Waals surface area contributed by atoms with E-state index in [2.05, 4.69) is 4.74 Å². The molecule has 1 aromatic rings. The van der Waals surface area contributed by atoms with Crippen LogP contribution in [0.2, 0.25) is 0 Å². The van der Waals surface area contributed by atoms with Gasteiger partial charge < -0.3 is 4.74 Å². The van der Waals surface area contributed by atoms with Crippen LogP contribution < -0.4 is 5.32 Å². The van der Waals surface area contributed by atoms with Gasteiger partial charge in [-0.3, -0.25) is 19.5 Å². The highest BCUT2D eigenvalue weighted by molar-refractivity contribution is 14.1. The zero-order valence-corrected chi connectivity index (χ0v) is 20.9. The predicted octanol–water partition coefficient (Wildman–Crippen LogP) is 2.73. The van der Waals surface area contributed by atoms with E-state index in [0.717, 1.165) is 7.14 Å².